The SMILES string of the molecule is CC(=Nc1c(C)cccc1C)[N-]CCCCC[N-]C(C)=Nc1c(C)cccc1C.[CH3-].[CH3-].[Hf+4]. The first-order chi connectivity index (χ1) is 13.9. The van der Waals surface area contributed by atoms with Crippen molar-refractivity contribution < 1.29 is 25.8 Å². The van der Waals surface area contributed by atoms with Gasteiger partial charge in [-0.1, -0.05) is 80.4 Å². The fraction of sp³-hybridized carbons (Fsp3) is 0.407. The molecule has 0 aliphatic heterocycles. The second kappa shape index (κ2) is 16.8. The molecule has 0 unspecified atom stereocenters. The molecule has 0 heterocycles. The van der Waals surface area contributed by atoms with Crippen LogP contribution in [0.15, 0.2) is 46.4 Å². The van der Waals surface area contributed by atoms with Gasteiger partial charge in [-0.3, -0.25) is 0 Å². The first-order valence-corrected chi connectivity index (χ1v) is 10.5. The molecule has 0 atom stereocenters. The molecule has 2 aromatic carbocycles. The van der Waals surface area contributed by atoms with Gasteiger partial charge in [-0.2, -0.15) is 0 Å². The van der Waals surface area contributed by atoms with Gasteiger partial charge in [0.1, 0.15) is 0 Å². The molecule has 0 aromatic heterocycles. The summed E-state index contributed by atoms with van der Waals surface area (Å²) in [6.45, 7) is 14.0. The summed E-state index contributed by atoms with van der Waals surface area (Å²) in [4.78, 5) is 9.37. The summed E-state index contributed by atoms with van der Waals surface area (Å²) in [6, 6.07) is 12.5. The van der Waals surface area contributed by atoms with Crippen LogP contribution in [0, 0.1) is 42.5 Å². The van der Waals surface area contributed by atoms with Crippen LogP contribution >= 0.6 is 0 Å². The summed E-state index contributed by atoms with van der Waals surface area (Å²) in [6.07, 6.45) is 3.23. The van der Waals surface area contributed by atoms with E-state index >= 15 is 0 Å². The van der Waals surface area contributed by atoms with Gasteiger partial charge in [-0.15, -0.1) is 0 Å². The molecular formula is C27H40HfN4. The van der Waals surface area contributed by atoms with Crippen LogP contribution in [0.2, 0.25) is 0 Å². The second-order valence-corrected chi connectivity index (χ2v) is 7.62. The van der Waals surface area contributed by atoms with Crippen LogP contribution in [0.25, 0.3) is 10.6 Å². The minimum atomic E-state index is 0. The Morgan fingerprint density at radius 3 is 1.25 bits per heavy atom. The molecule has 4 nitrogen and oxygen atoms in total. The van der Waals surface area contributed by atoms with Gasteiger partial charge in [0.25, 0.3) is 0 Å². The predicted octanol–water partition coefficient (Wildman–Crippen LogP) is 8.54. The molecule has 0 N–H and O–H groups in total. The fourth-order valence-corrected chi connectivity index (χ4v) is 3.24. The third kappa shape index (κ3) is 10.7. The van der Waals surface area contributed by atoms with Crippen LogP contribution in [0.4, 0.5) is 11.4 Å². The fourth-order valence-electron chi connectivity index (χ4n) is 3.24. The molecule has 32 heavy (non-hydrogen) atoms. The third-order valence-electron chi connectivity index (χ3n) is 4.92. The molecule has 0 radical (unpaired) electrons. The van der Waals surface area contributed by atoms with Crippen LogP contribution < -0.4 is 0 Å². The van der Waals surface area contributed by atoms with E-state index in [-0.39, 0.29) is 40.7 Å². The molecule has 2 rings (SSSR count). The summed E-state index contributed by atoms with van der Waals surface area (Å²) in [5, 5.41) is 9.21. The molecule has 0 fully saturated rings. The van der Waals surface area contributed by atoms with Crippen molar-refractivity contribution in [2.75, 3.05) is 13.1 Å². The van der Waals surface area contributed by atoms with Gasteiger partial charge in [0.05, 0.1) is 0 Å². The zero-order chi connectivity index (χ0) is 21.2. The van der Waals surface area contributed by atoms with Crippen LogP contribution in [0.3, 0.4) is 0 Å². The number of rotatable bonds is 8. The van der Waals surface area contributed by atoms with Crippen molar-refractivity contribution in [3.05, 3.63) is 84.1 Å². The molecule has 0 saturated carbocycles. The Kier molecular flexibility index (Phi) is 17.0. The molecule has 0 aliphatic carbocycles. The largest absolute Gasteiger partial charge is 4.00 e. The van der Waals surface area contributed by atoms with Gasteiger partial charge < -0.3 is 35.5 Å². The number of benzene rings is 2. The van der Waals surface area contributed by atoms with Crippen molar-refractivity contribution in [1.82, 2.24) is 0 Å². The van der Waals surface area contributed by atoms with E-state index < -0.39 is 0 Å². The van der Waals surface area contributed by atoms with E-state index in [4.69, 9.17) is 0 Å². The number of aliphatic imine (C=N–C) groups is 2. The normalized spacial score (nSPS) is 11.1. The average Bonchev–Trinajstić information content (AvgIpc) is 2.67. The van der Waals surface area contributed by atoms with Crippen molar-refractivity contribution in [2.24, 2.45) is 9.98 Å². The number of hydrogen-bond donors (Lipinski definition) is 0. The molecule has 2 aromatic rings. The molecule has 0 bridgehead atoms. The second-order valence-electron chi connectivity index (χ2n) is 7.62. The third-order valence-corrected chi connectivity index (χ3v) is 4.92. The molecule has 0 amide bonds. The maximum absolute atomic E-state index is 4.69. The van der Waals surface area contributed by atoms with E-state index in [1.807, 2.05) is 13.8 Å². The number of aryl methyl sites for hydroxylation is 4. The number of hydrogen-bond acceptors (Lipinski definition) is 2. The first-order valence-electron chi connectivity index (χ1n) is 10.5. The molecular weight excluding hydrogens is 559 g/mol. The van der Waals surface area contributed by atoms with E-state index in [1.165, 1.54) is 22.3 Å². The summed E-state index contributed by atoms with van der Waals surface area (Å²) >= 11 is 0. The van der Waals surface area contributed by atoms with Crippen molar-refractivity contribution in [2.45, 2.75) is 60.8 Å². The Morgan fingerprint density at radius 2 is 0.938 bits per heavy atom. The minimum absolute atomic E-state index is 0. The maximum atomic E-state index is 4.69. The van der Waals surface area contributed by atoms with Crippen LogP contribution in [0.1, 0.15) is 55.4 Å². The van der Waals surface area contributed by atoms with Gasteiger partial charge in [0.2, 0.25) is 0 Å². The number of amidine groups is 2. The Labute approximate surface area is 216 Å². The zero-order valence-electron chi connectivity index (χ0n) is 21.3. The van der Waals surface area contributed by atoms with Gasteiger partial charge in [0, 0.05) is 0 Å². The zero-order valence-corrected chi connectivity index (χ0v) is 24.9. The van der Waals surface area contributed by atoms with E-state index in [1.54, 1.807) is 0 Å². The molecule has 5 heteroatoms. The summed E-state index contributed by atoms with van der Waals surface area (Å²) in [7, 11) is 0. The summed E-state index contributed by atoms with van der Waals surface area (Å²) in [5.74, 6) is 1.70. The van der Waals surface area contributed by atoms with Crippen molar-refractivity contribution in [3.8, 4) is 0 Å². The van der Waals surface area contributed by atoms with Crippen LogP contribution in [-0.2, 0) is 25.8 Å². The van der Waals surface area contributed by atoms with Crippen LogP contribution in [-0.4, -0.2) is 24.8 Å². The molecule has 0 spiro atoms. The van der Waals surface area contributed by atoms with Gasteiger partial charge in [0.15, 0.2) is 0 Å². The van der Waals surface area contributed by atoms with E-state index in [9.17, 15) is 0 Å². The molecule has 0 saturated heterocycles. The standard InChI is InChI=1S/C25H34N4.2CH3.Hf/c1-18-12-10-13-19(2)24(18)28-22(5)26-16-8-7-9-17-27-23(6)29-25-20(3)14-11-15-21(25)4;;;/h10-15H,7-9,16-17H2,1-6H3;2*1H3;/q-2;2*-1;+4. The topological polar surface area (TPSA) is 52.9 Å². The Bertz CT molecular complexity index is 760. The van der Waals surface area contributed by atoms with Crippen LogP contribution in [0.5, 0.6) is 0 Å². The number of nitrogens with zero attached hydrogens (tertiary/aromatic N) is 4. The predicted molar refractivity (Wildman–Crippen MR) is 141 cm³/mol. The van der Waals surface area contributed by atoms with E-state index in [0.29, 0.717) is 0 Å². The monoisotopic (exact) mass is 600 g/mol. The quantitative estimate of drug-likeness (QED) is 0.0961. The maximum Gasteiger partial charge on any atom is 4.00 e. The average molecular weight is 599 g/mol. The minimum Gasteiger partial charge on any atom is -0.469 e. The molecule has 0 aliphatic rings. The summed E-state index contributed by atoms with van der Waals surface area (Å²) in [5.41, 5.74) is 6.87. The van der Waals surface area contributed by atoms with Gasteiger partial charge >= 0.3 is 25.8 Å². The number of unbranched alkanes of at least 4 members (excludes halogenated alkanes) is 2. The van der Waals surface area contributed by atoms with Crippen molar-refractivity contribution >= 4 is 23.0 Å². The Morgan fingerprint density at radius 1 is 0.625 bits per heavy atom. The number of para-hydroxylation sites is 2. The summed E-state index contributed by atoms with van der Waals surface area (Å²) < 4.78 is 0. The van der Waals surface area contributed by atoms with Crippen molar-refractivity contribution in [3.63, 3.8) is 0 Å². The smallest absolute Gasteiger partial charge is 0.469 e. The Balaban J connectivity index is 0. The first kappa shape index (κ1) is 32.4. The molecule has 172 valence electrons. The van der Waals surface area contributed by atoms with E-state index in [0.717, 1.165) is 55.4 Å². The van der Waals surface area contributed by atoms with Gasteiger partial charge in [-0.05, 0) is 75.2 Å². The van der Waals surface area contributed by atoms with E-state index in [2.05, 4.69) is 84.7 Å². The van der Waals surface area contributed by atoms with Crippen molar-refractivity contribution in [1.29, 1.82) is 0 Å². The van der Waals surface area contributed by atoms with Gasteiger partial charge in [-0.25, -0.2) is 0 Å². The Hall–Kier alpha value is -1.75.